The van der Waals surface area contributed by atoms with E-state index in [1.165, 1.54) is 11.1 Å². The summed E-state index contributed by atoms with van der Waals surface area (Å²) in [6.07, 6.45) is 0.814. The van der Waals surface area contributed by atoms with E-state index in [0.29, 0.717) is 0 Å². The minimum absolute atomic E-state index is 0.127. The molecule has 0 aliphatic carbocycles. The van der Waals surface area contributed by atoms with Crippen LogP contribution in [0.2, 0.25) is 0 Å². The SMILES string of the molecule is COc1ccc(CC2CN(Cc3ccccc3)C2=O)cc1. The average molecular weight is 281 g/mol. The Labute approximate surface area is 125 Å². The third kappa shape index (κ3) is 3.07. The molecule has 0 spiro atoms. The van der Waals surface area contributed by atoms with Gasteiger partial charge in [0.25, 0.3) is 0 Å². The number of carbonyl (C=O) groups excluding carboxylic acids is 1. The molecule has 1 fully saturated rings. The quantitative estimate of drug-likeness (QED) is 0.789. The van der Waals surface area contributed by atoms with Crippen molar-refractivity contribution < 1.29 is 9.53 Å². The Kier molecular flexibility index (Phi) is 3.91. The second-order valence-corrected chi connectivity index (χ2v) is 5.45. The van der Waals surface area contributed by atoms with Crippen LogP contribution < -0.4 is 4.74 Å². The maximum absolute atomic E-state index is 12.2. The van der Waals surface area contributed by atoms with Crippen LogP contribution in [0.3, 0.4) is 0 Å². The zero-order valence-corrected chi connectivity index (χ0v) is 12.2. The number of amides is 1. The molecular formula is C18H19NO2. The second-order valence-electron chi connectivity index (χ2n) is 5.45. The van der Waals surface area contributed by atoms with Crippen LogP contribution in [0.25, 0.3) is 0 Å². The number of carbonyl (C=O) groups is 1. The number of benzene rings is 2. The number of hydrogen-bond donors (Lipinski definition) is 0. The molecule has 3 heteroatoms. The Morgan fingerprint density at radius 3 is 2.38 bits per heavy atom. The van der Waals surface area contributed by atoms with Crippen LogP contribution >= 0.6 is 0 Å². The van der Waals surface area contributed by atoms with Gasteiger partial charge in [-0.2, -0.15) is 0 Å². The zero-order chi connectivity index (χ0) is 14.7. The number of methoxy groups -OCH3 is 1. The molecule has 1 aliphatic heterocycles. The summed E-state index contributed by atoms with van der Waals surface area (Å²) in [4.78, 5) is 14.1. The summed E-state index contributed by atoms with van der Waals surface area (Å²) in [7, 11) is 1.66. The van der Waals surface area contributed by atoms with Crippen molar-refractivity contribution in [2.75, 3.05) is 13.7 Å². The van der Waals surface area contributed by atoms with E-state index in [4.69, 9.17) is 4.74 Å². The number of likely N-dealkylation sites (tertiary alicyclic amines) is 1. The molecule has 1 saturated heterocycles. The van der Waals surface area contributed by atoms with E-state index in [1.807, 2.05) is 47.4 Å². The zero-order valence-electron chi connectivity index (χ0n) is 12.2. The van der Waals surface area contributed by atoms with Gasteiger partial charge in [0.05, 0.1) is 13.0 Å². The third-order valence-corrected chi connectivity index (χ3v) is 3.96. The topological polar surface area (TPSA) is 29.5 Å². The minimum Gasteiger partial charge on any atom is -0.497 e. The molecule has 0 radical (unpaired) electrons. The first-order valence-electron chi connectivity index (χ1n) is 7.22. The molecule has 0 aromatic heterocycles. The maximum atomic E-state index is 12.2. The van der Waals surface area contributed by atoms with E-state index in [1.54, 1.807) is 7.11 Å². The van der Waals surface area contributed by atoms with Crippen LogP contribution in [0.15, 0.2) is 54.6 Å². The molecular weight excluding hydrogens is 262 g/mol. The largest absolute Gasteiger partial charge is 0.497 e. The van der Waals surface area contributed by atoms with Crippen LogP contribution in [0.1, 0.15) is 11.1 Å². The molecule has 2 aromatic carbocycles. The number of hydrogen-bond acceptors (Lipinski definition) is 2. The molecule has 2 aromatic rings. The highest BCUT2D eigenvalue weighted by Gasteiger charge is 2.36. The first-order valence-corrected chi connectivity index (χ1v) is 7.22. The molecule has 21 heavy (non-hydrogen) atoms. The van der Waals surface area contributed by atoms with Crippen LogP contribution in [0.5, 0.6) is 5.75 Å². The van der Waals surface area contributed by atoms with Gasteiger partial charge >= 0.3 is 0 Å². The van der Waals surface area contributed by atoms with E-state index in [9.17, 15) is 4.79 Å². The lowest BCUT2D eigenvalue weighted by molar-refractivity contribution is -0.148. The summed E-state index contributed by atoms with van der Waals surface area (Å²) in [5.74, 6) is 1.24. The second kappa shape index (κ2) is 6.00. The van der Waals surface area contributed by atoms with Crippen molar-refractivity contribution in [2.45, 2.75) is 13.0 Å². The summed E-state index contributed by atoms with van der Waals surface area (Å²) in [5.41, 5.74) is 2.38. The summed E-state index contributed by atoms with van der Waals surface area (Å²) >= 11 is 0. The predicted molar refractivity (Wildman–Crippen MR) is 82.0 cm³/mol. The maximum Gasteiger partial charge on any atom is 0.228 e. The number of nitrogens with zero attached hydrogens (tertiary/aromatic N) is 1. The van der Waals surface area contributed by atoms with Gasteiger partial charge in [0.1, 0.15) is 5.75 Å². The Bertz CT molecular complexity index is 607. The van der Waals surface area contributed by atoms with Crippen LogP contribution in [-0.4, -0.2) is 24.5 Å². The summed E-state index contributed by atoms with van der Waals surface area (Å²) in [5, 5.41) is 0. The van der Waals surface area contributed by atoms with Crippen molar-refractivity contribution >= 4 is 5.91 Å². The lowest BCUT2D eigenvalue weighted by Crippen LogP contribution is -2.52. The van der Waals surface area contributed by atoms with Gasteiger partial charge in [0.2, 0.25) is 5.91 Å². The Morgan fingerprint density at radius 2 is 1.76 bits per heavy atom. The van der Waals surface area contributed by atoms with E-state index in [2.05, 4.69) is 12.1 Å². The Morgan fingerprint density at radius 1 is 1.05 bits per heavy atom. The van der Waals surface area contributed by atoms with Crippen LogP contribution in [0.4, 0.5) is 0 Å². The summed E-state index contributed by atoms with van der Waals surface area (Å²) < 4.78 is 5.14. The van der Waals surface area contributed by atoms with E-state index in [0.717, 1.165) is 25.3 Å². The molecule has 0 N–H and O–H groups in total. The average Bonchev–Trinajstić information content (AvgIpc) is 2.55. The van der Waals surface area contributed by atoms with Gasteiger partial charge in [-0.3, -0.25) is 4.79 Å². The minimum atomic E-state index is 0.127. The summed E-state index contributed by atoms with van der Waals surface area (Å²) in [6, 6.07) is 18.1. The van der Waals surface area contributed by atoms with Crippen molar-refractivity contribution in [1.82, 2.24) is 4.90 Å². The molecule has 1 unspecified atom stereocenters. The number of rotatable bonds is 5. The first-order chi connectivity index (χ1) is 10.3. The highest BCUT2D eigenvalue weighted by atomic mass is 16.5. The van der Waals surface area contributed by atoms with Crippen molar-refractivity contribution in [1.29, 1.82) is 0 Å². The fourth-order valence-corrected chi connectivity index (χ4v) is 2.72. The fraction of sp³-hybridized carbons (Fsp3) is 0.278. The molecule has 0 saturated carbocycles. The normalized spacial score (nSPS) is 17.5. The van der Waals surface area contributed by atoms with E-state index >= 15 is 0 Å². The first kappa shape index (κ1) is 13.7. The standard InChI is InChI=1S/C18H19NO2/c1-21-17-9-7-14(8-10-17)11-16-13-19(18(16)20)12-15-5-3-2-4-6-15/h2-10,16H,11-13H2,1H3. The van der Waals surface area contributed by atoms with Crippen molar-refractivity contribution in [2.24, 2.45) is 5.92 Å². The highest BCUT2D eigenvalue weighted by molar-refractivity contribution is 5.84. The van der Waals surface area contributed by atoms with Crippen molar-refractivity contribution in [3.63, 3.8) is 0 Å². The van der Waals surface area contributed by atoms with Gasteiger partial charge in [-0.25, -0.2) is 0 Å². The Hall–Kier alpha value is -2.29. The smallest absolute Gasteiger partial charge is 0.228 e. The Balaban J connectivity index is 1.54. The van der Waals surface area contributed by atoms with Crippen molar-refractivity contribution in [3.8, 4) is 5.75 Å². The fourth-order valence-electron chi connectivity index (χ4n) is 2.72. The molecule has 1 heterocycles. The number of β-lactam (4-membered cyclic amide) rings is 1. The van der Waals surface area contributed by atoms with Crippen LogP contribution in [0, 0.1) is 5.92 Å². The van der Waals surface area contributed by atoms with Gasteiger partial charge in [-0.15, -0.1) is 0 Å². The molecule has 1 atom stereocenters. The molecule has 1 aliphatic rings. The predicted octanol–water partition coefficient (Wildman–Crippen LogP) is 2.90. The molecule has 1 amide bonds. The third-order valence-electron chi connectivity index (χ3n) is 3.96. The molecule has 3 nitrogen and oxygen atoms in total. The monoisotopic (exact) mass is 281 g/mol. The van der Waals surface area contributed by atoms with E-state index in [-0.39, 0.29) is 11.8 Å². The van der Waals surface area contributed by atoms with Gasteiger partial charge in [-0.05, 0) is 29.7 Å². The van der Waals surface area contributed by atoms with Crippen LogP contribution in [-0.2, 0) is 17.8 Å². The van der Waals surface area contributed by atoms with Crippen molar-refractivity contribution in [3.05, 3.63) is 65.7 Å². The van der Waals surface area contributed by atoms with Gasteiger partial charge < -0.3 is 9.64 Å². The lowest BCUT2D eigenvalue weighted by atomic mass is 9.90. The number of ether oxygens (including phenoxy) is 1. The lowest BCUT2D eigenvalue weighted by Gasteiger charge is -2.38. The molecule has 3 rings (SSSR count). The van der Waals surface area contributed by atoms with Gasteiger partial charge in [0, 0.05) is 13.1 Å². The molecule has 108 valence electrons. The van der Waals surface area contributed by atoms with Gasteiger partial charge in [-0.1, -0.05) is 42.5 Å². The molecule has 0 bridgehead atoms. The van der Waals surface area contributed by atoms with E-state index < -0.39 is 0 Å². The summed E-state index contributed by atoms with van der Waals surface area (Å²) in [6.45, 7) is 1.57. The highest BCUT2D eigenvalue weighted by Crippen LogP contribution is 2.25. The van der Waals surface area contributed by atoms with Gasteiger partial charge in [0.15, 0.2) is 0 Å².